The van der Waals surface area contributed by atoms with Crippen LogP contribution in [0.4, 0.5) is 4.39 Å². The molecule has 1 aromatic heterocycles. The number of pyridine rings is 1. The molecule has 1 heterocycles. The minimum absolute atomic E-state index is 0.0360. The van der Waals surface area contributed by atoms with E-state index < -0.39 is 0 Å². The van der Waals surface area contributed by atoms with Crippen LogP contribution in [-0.2, 0) is 12.8 Å². The largest absolute Gasteiger partial charge is 0.310 e. The summed E-state index contributed by atoms with van der Waals surface area (Å²) < 4.78 is 14.0. The molecule has 0 spiro atoms. The molecule has 112 valence electrons. The molecule has 0 fully saturated rings. The lowest BCUT2D eigenvalue weighted by Gasteiger charge is -2.19. The Hall–Kier alpha value is -1.74. The smallest absolute Gasteiger partial charge is 0.127 e. The van der Waals surface area contributed by atoms with Gasteiger partial charge in [-0.15, -0.1) is 0 Å². The average Bonchev–Trinajstić information content (AvgIpc) is 2.53. The molecule has 0 radical (unpaired) electrons. The molecular weight excluding hydrogens is 263 g/mol. The van der Waals surface area contributed by atoms with Crippen molar-refractivity contribution in [1.82, 2.24) is 10.3 Å². The highest BCUT2D eigenvalue weighted by Crippen LogP contribution is 2.20. The number of benzene rings is 1. The van der Waals surface area contributed by atoms with Gasteiger partial charge >= 0.3 is 0 Å². The molecule has 0 saturated carbocycles. The van der Waals surface area contributed by atoms with E-state index in [0.29, 0.717) is 12.0 Å². The van der Waals surface area contributed by atoms with E-state index in [9.17, 15) is 4.39 Å². The SMILES string of the molecule is CCCNC(Cc1ccc(CC)cn1)c1ccccc1F. The Morgan fingerprint density at radius 2 is 1.95 bits per heavy atom. The van der Waals surface area contributed by atoms with Crippen molar-refractivity contribution in [3.05, 3.63) is 65.2 Å². The van der Waals surface area contributed by atoms with Gasteiger partial charge in [0.2, 0.25) is 0 Å². The fourth-order valence-corrected chi connectivity index (χ4v) is 2.36. The number of aromatic nitrogens is 1. The van der Waals surface area contributed by atoms with E-state index in [2.05, 4.69) is 30.2 Å². The van der Waals surface area contributed by atoms with Crippen LogP contribution in [0.15, 0.2) is 42.6 Å². The van der Waals surface area contributed by atoms with Crippen molar-refractivity contribution in [2.75, 3.05) is 6.54 Å². The molecule has 0 amide bonds. The van der Waals surface area contributed by atoms with E-state index in [1.807, 2.05) is 24.4 Å². The third-order valence-corrected chi connectivity index (χ3v) is 3.63. The zero-order valence-electron chi connectivity index (χ0n) is 12.8. The highest BCUT2D eigenvalue weighted by atomic mass is 19.1. The van der Waals surface area contributed by atoms with Crippen LogP contribution in [-0.4, -0.2) is 11.5 Å². The predicted molar refractivity (Wildman–Crippen MR) is 84.8 cm³/mol. The van der Waals surface area contributed by atoms with Gasteiger partial charge < -0.3 is 5.32 Å². The van der Waals surface area contributed by atoms with Gasteiger partial charge in [-0.2, -0.15) is 0 Å². The summed E-state index contributed by atoms with van der Waals surface area (Å²) in [5.41, 5.74) is 2.93. The molecule has 1 unspecified atom stereocenters. The molecule has 1 N–H and O–H groups in total. The summed E-state index contributed by atoms with van der Waals surface area (Å²) >= 11 is 0. The van der Waals surface area contributed by atoms with Crippen LogP contribution >= 0.6 is 0 Å². The van der Waals surface area contributed by atoms with E-state index in [-0.39, 0.29) is 11.9 Å². The molecule has 3 heteroatoms. The lowest BCUT2D eigenvalue weighted by molar-refractivity contribution is 0.493. The normalized spacial score (nSPS) is 12.3. The first-order valence-electron chi connectivity index (χ1n) is 7.66. The molecular formula is C18H23FN2. The number of aryl methyl sites for hydroxylation is 1. The number of halogens is 1. The van der Waals surface area contributed by atoms with Gasteiger partial charge in [0.05, 0.1) is 0 Å². The summed E-state index contributed by atoms with van der Waals surface area (Å²) in [4.78, 5) is 4.49. The maximum Gasteiger partial charge on any atom is 0.127 e. The van der Waals surface area contributed by atoms with Crippen molar-refractivity contribution in [2.45, 2.75) is 39.2 Å². The number of hydrogen-bond donors (Lipinski definition) is 1. The van der Waals surface area contributed by atoms with E-state index in [0.717, 1.165) is 25.1 Å². The lowest BCUT2D eigenvalue weighted by Crippen LogP contribution is -2.25. The number of hydrogen-bond acceptors (Lipinski definition) is 2. The molecule has 1 atom stereocenters. The Bertz CT molecular complexity index is 551. The van der Waals surface area contributed by atoms with Gasteiger partial charge in [-0.25, -0.2) is 4.39 Å². The van der Waals surface area contributed by atoms with Crippen LogP contribution in [0, 0.1) is 5.82 Å². The summed E-state index contributed by atoms with van der Waals surface area (Å²) in [6, 6.07) is 11.1. The minimum atomic E-state index is -0.156. The first-order valence-corrected chi connectivity index (χ1v) is 7.66. The van der Waals surface area contributed by atoms with Crippen LogP contribution in [0.25, 0.3) is 0 Å². The van der Waals surface area contributed by atoms with Gasteiger partial charge in [-0.1, -0.05) is 38.1 Å². The summed E-state index contributed by atoms with van der Waals surface area (Å²) in [5, 5.41) is 3.42. The number of rotatable bonds is 7. The molecule has 0 aliphatic heterocycles. The third kappa shape index (κ3) is 4.36. The second-order valence-electron chi connectivity index (χ2n) is 5.24. The van der Waals surface area contributed by atoms with E-state index in [1.165, 1.54) is 11.6 Å². The maximum atomic E-state index is 14.0. The minimum Gasteiger partial charge on any atom is -0.310 e. The van der Waals surface area contributed by atoms with Crippen molar-refractivity contribution in [3.63, 3.8) is 0 Å². The summed E-state index contributed by atoms with van der Waals surface area (Å²) in [5.74, 6) is -0.156. The summed E-state index contributed by atoms with van der Waals surface area (Å²) in [6.07, 6.45) is 4.61. The molecule has 1 aromatic carbocycles. The van der Waals surface area contributed by atoms with Crippen molar-refractivity contribution in [1.29, 1.82) is 0 Å². The lowest BCUT2D eigenvalue weighted by atomic mass is 10.0. The quantitative estimate of drug-likeness (QED) is 0.830. The molecule has 0 bridgehead atoms. The molecule has 21 heavy (non-hydrogen) atoms. The van der Waals surface area contributed by atoms with Crippen LogP contribution in [0.5, 0.6) is 0 Å². The van der Waals surface area contributed by atoms with E-state index in [1.54, 1.807) is 6.07 Å². The standard InChI is InChI=1S/C18H23FN2/c1-3-11-20-18(16-7-5-6-8-17(16)19)12-15-10-9-14(4-2)13-21-15/h5-10,13,18,20H,3-4,11-12H2,1-2H3. The Morgan fingerprint density at radius 1 is 1.14 bits per heavy atom. The topological polar surface area (TPSA) is 24.9 Å². The van der Waals surface area contributed by atoms with Gasteiger partial charge in [-0.3, -0.25) is 4.98 Å². The second-order valence-corrected chi connectivity index (χ2v) is 5.24. The van der Waals surface area contributed by atoms with E-state index >= 15 is 0 Å². The fraction of sp³-hybridized carbons (Fsp3) is 0.389. The van der Waals surface area contributed by atoms with Crippen LogP contribution in [0.2, 0.25) is 0 Å². The Morgan fingerprint density at radius 3 is 2.57 bits per heavy atom. The second kappa shape index (κ2) is 7.89. The summed E-state index contributed by atoms with van der Waals surface area (Å²) in [7, 11) is 0. The predicted octanol–water partition coefficient (Wildman–Crippen LogP) is 4.07. The summed E-state index contributed by atoms with van der Waals surface area (Å²) in [6.45, 7) is 5.09. The van der Waals surface area contributed by atoms with Gasteiger partial charge in [0.25, 0.3) is 0 Å². The molecule has 0 aliphatic carbocycles. The van der Waals surface area contributed by atoms with Crippen LogP contribution in [0.1, 0.15) is 43.1 Å². The van der Waals surface area contributed by atoms with Crippen molar-refractivity contribution >= 4 is 0 Å². The molecule has 2 nitrogen and oxygen atoms in total. The van der Waals surface area contributed by atoms with Crippen molar-refractivity contribution in [3.8, 4) is 0 Å². The van der Waals surface area contributed by atoms with Crippen LogP contribution in [0.3, 0.4) is 0 Å². The third-order valence-electron chi connectivity index (χ3n) is 3.63. The first-order chi connectivity index (χ1) is 10.2. The highest BCUT2D eigenvalue weighted by Gasteiger charge is 2.15. The fourth-order valence-electron chi connectivity index (χ4n) is 2.36. The van der Waals surface area contributed by atoms with Crippen molar-refractivity contribution < 1.29 is 4.39 Å². The van der Waals surface area contributed by atoms with E-state index in [4.69, 9.17) is 0 Å². The van der Waals surface area contributed by atoms with Gasteiger partial charge in [0.15, 0.2) is 0 Å². The Kier molecular flexibility index (Phi) is 5.88. The zero-order valence-corrected chi connectivity index (χ0v) is 12.8. The van der Waals surface area contributed by atoms with Crippen molar-refractivity contribution in [2.24, 2.45) is 0 Å². The maximum absolute atomic E-state index is 14.0. The number of nitrogens with one attached hydrogen (secondary N) is 1. The molecule has 0 aliphatic rings. The zero-order chi connectivity index (χ0) is 15.1. The van der Waals surface area contributed by atoms with Gasteiger partial charge in [0.1, 0.15) is 5.82 Å². The Balaban J connectivity index is 2.17. The van der Waals surface area contributed by atoms with Gasteiger partial charge in [0, 0.05) is 29.9 Å². The number of nitrogens with zero attached hydrogens (tertiary/aromatic N) is 1. The average molecular weight is 286 g/mol. The van der Waals surface area contributed by atoms with Crippen LogP contribution < -0.4 is 5.32 Å². The molecule has 2 rings (SSSR count). The Labute approximate surface area is 126 Å². The first kappa shape index (κ1) is 15.6. The molecule has 2 aromatic rings. The molecule has 0 saturated heterocycles. The highest BCUT2D eigenvalue weighted by molar-refractivity contribution is 5.24. The van der Waals surface area contributed by atoms with Gasteiger partial charge in [-0.05, 0) is 37.1 Å². The monoisotopic (exact) mass is 286 g/mol.